The standard InChI is InChI=1S/C46H58Br4O3/c1-7-9-13-33(23-29(3)4)45(51)37-15-11-17-43(39(37)25-31-19-21-35(47)27-41(31)49)53-44-18-12-16-38(46(52)34(14-10-8-2)24-30(5)6)40(44)26-32-20-22-36(48)28-42(32)50/h11-12,15-22,27-30,33-34,45-46,51-52H,7-10,13-14,23-26H2,1-6H3. The van der Waals surface area contributed by atoms with Crippen LogP contribution < -0.4 is 4.74 Å². The smallest absolute Gasteiger partial charge is 0.131 e. The zero-order chi connectivity index (χ0) is 38.7. The average Bonchev–Trinajstić information content (AvgIpc) is 3.11. The summed E-state index contributed by atoms with van der Waals surface area (Å²) in [4.78, 5) is 0. The quantitative estimate of drug-likeness (QED) is 0.0928. The molecule has 2 N–H and O–H groups in total. The van der Waals surface area contributed by atoms with Crippen molar-refractivity contribution in [2.45, 2.75) is 118 Å². The van der Waals surface area contributed by atoms with Crippen molar-refractivity contribution in [3.8, 4) is 11.5 Å². The molecule has 0 aliphatic rings. The predicted octanol–water partition coefficient (Wildman–Crippen LogP) is 15.5. The van der Waals surface area contributed by atoms with E-state index in [9.17, 15) is 10.2 Å². The summed E-state index contributed by atoms with van der Waals surface area (Å²) in [6.07, 6.45) is 8.13. The molecule has 4 aromatic rings. The molecule has 53 heavy (non-hydrogen) atoms. The van der Waals surface area contributed by atoms with Gasteiger partial charge in [0.1, 0.15) is 11.5 Å². The number of aliphatic hydroxyl groups excluding tert-OH is 2. The van der Waals surface area contributed by atoms with Crippen molar-refractivity contribution in [3.05, 3.63) is 124 Å². The van der Waals surface area contributed by atoms with Gasteiger partial charge in [-0.2, -0.15) is 0 Å². The molecule has 0 aromatic heterocycles. The van der Waals surface area contributed by atoms with Gasteiger partial charge in [-0.05, 0) is 108 Å². The lowest BCUT2D eigenvalue weighted by Crippen LogP contribution is -2.18. The normalized spacial score (nSPS) is 14.1. The molecule has 4 rings (SSSR count). The van der Waals surface area contributed by atoms with Crippen LogP contribution in [-0.2, 0) is 12.8 Å². The van der Waals surface area contributed by atoms with Gasteiger partial charge in [0.25, 0.3) is 0 Å². The van der Waals surface area contributed by atoms with Gasteiger partial charge >= 0.3 is 0 Å². The first-order chi connectivity index (χ1) is 25.3. The summed E-state index contributed by atoms with van der Waals surface area (Å²) in [7, 11) is 0. The molecular weight excluding hydrogens is 920 g/mol. The van der Waals surface area contributed by atoms with E-state index in [1.54, 1.807) is 0 Å². The predicted molar refractivity (Wildman–Crippen MR) is 237 cm³/mol. The molecule has 0 bridgehead atoms. The van der Waals surface area contributed by atoms with Crippen molar-refractivity contribution in [1.29, 1.82) is 0 Å². The maximum atomic E-state index is 12.2. The molecule has 7 heteroatoms. The SMILES string of the molecule is CCCCC(CC(C)C)C(O)c1cccc(Oc2cccc(C(O)C(CCCC)CC(C)C)c2Cc2ccc(Br)cc2Br)c1Cc1ccc(Br)cc1Br. The summed E-state index contributed by atoms with van der Waals surface area (Å²) in [5, 5.41) is 24.4. The van der Waals surface area contributed by atoms with Gasteiger partial charge in [-0.25, -0.2) is 0 Å². The van der Waals surface area contributed by atoms with E-state index in [1.165, 1.54) is 0 Å². The van der Waals surface area contributed by atoms with Crippen LogP contribution in [-0.4, -0.2) is 10.2 Å². The van der Waals surface area contributed by atoms with Crippen molar-refractivity contribution in [2.24, 2.45) is 23.7 Å². The van der Waals surface area contributed by atoms with Crippen molar-refractivity contribution in [3.63, 3.8) is 0 Å². The topological polar surface area (TPSA) is 49.7 Å². The Morgan fingerprint density at radius 2 is 0.962 bits per heavy atom. The second-order valence-corrected chi connectivity index (χ2v) is 19.1. The van der Waals surface area contributed by atoms with E-state index >= 15 is 0 Å². The number of unbranched alkanes of at least 4 members (excludes halogenated alkanes) is 2. The maximum absolute atomic E-state index is 12.2. The highest BCUT2D eigenvalue weighted by Crippen LogP contribution is 2.43. The highest BCUT2D eigenvalue weighted by Gasteiger charge is 2.29. The van der Waals surface area contributed by atoms with Crippen molar-refractivity contribution in [2.75, 3.05) is 0 Å². The van der Waals surface area contributed by atoms with E-state index in [-0.39, 0.29) is 11.8 Å². The van der Waals surface area contributed by atoms with E-state index < -0.39 is 12.2 Å². The van der Waals surface area contributed by atoms with E-state index in [2.05, 4.69) is 154 Å². The van der Waals surface area contributed by atoms with E-state index in [4.69, 9.17) is 4.74 Å². The maximum Gasteiger partial charge on any atom is 0.131 e. The molecule has 0 fully saturated rings. The molecule has 0 amide bonds. The Morgan fingerprint density at radius 3 is 1.30 bits per heavy atom. The third kappa shape index (κ3) is 12.8. The number of hydrogen-bond donors (Lipinski definition) is 2. The lowest BCUT2D eigenvalue weighted by Gasteiger charge is -2.29. The summed E-state index contributed by atoms with van der Waals surface area (Å²) in [6, 6.07) is 24.8. The Kier molecular flexibility index (Phi) is 18.1. The van der Waals surface area contributed by atoms with Crippen LogP contribution in [0.25, 0.3) is 0 Å². The van der Waals surface area contributed by atoms with Gasteiger partial charge in [-0.1, -0.05) is 167 Å². The van der Waals surface area contributed by atoms with Crippen LogP contribution in [0.5, 0.6) is 11.5 Å². The van der Waals surface area contributed by atoms with Crippen molar-refractivity contribution < 1.29 is 14.9 Å². The highest BCUT2D eigenvalue weighted by molar-refractivity contribution is 9.11. The molecular formula is C46H58Br4O3. The lowest BCUT2D eigenvalue weighted by molar-refractivity contribution is 0.0872. The molecule has 0 radical (unpaired) electrons. The molecule has 0 saturated heterocycles. The van der Waals surface area contributed by atoms with Gasteiger partial charge in [0, 0.05) is 41.9 Å². The molecule has 0 heterocycles. The van der Waals surface area contributed by atoms with Gasteiger partial charge in [-0.3, -0.25) is 0 Å². The molecule has 3 nitrogen and oxygen atoms in total. The van der Waals surface area contributed by atoms with E-state index in [1.807, 2.05) is 24.3 Å². The fourth-order valence-electron chi connectivity index (χ4n) is 7.58. The Morgan fingerprint density at radius 1 is 0.566 bits per heavy atom. The van der Waals surface area contributed by atoms with E-state index in [0.29, 0.717) is 24.7 Å². The Balaban J connectivity index is 1.90. The van der Waals surface area contributed by atoms with Crippen LogP contribution in [0.4, 0.5) is 0 Å². The summed E-state index contributed by atoms with van der Waals surface area (Å²) in [5.74, 6) is 2.68. The van der Waals surface area contributed by atoms with Crippen molar-refractivity contribution in [1.82, 2.24) is 0 Å². The van der Waals surface area contributed by atoms with Crippen LogP contribution in [0.1, 0.15) is 138 Å². The summed E-state index contributed by atoms with van der Waals surface area (Å²) >= 11 is 14.9. The minimum atomic E-state index is -0.626. The number of ether oxygens (including phenoxy) is 1. The zero-order valence-electron chi connectivity index (χ0n) is 32.3. The first-order valence-electron chi connectivity index (χ1n) is 19.5. The molecule has 0 aliphatic carbocycles. The second kappa shape index (κ2) is 21.7. The molecule has 4 aromatic carbocycles. The van der Waals surface area contributed by atoms with Crippen LogP contribution >= 0.6 is 63.7 Å². The number of halogens is 4. The summed E-state index contributed by atoms with van der Waals surface area (Å²) in [6.45, 7) is 13.4. The molecule has 0 aliphatic heterocycles. The second-order valence-electron chi connectivity index (χ2n) is 15.5. The number of benzene rings is 4. The lowest BCUT2D eigenvalue weighted by atomic mass is 9.82. The first kappa shape index (κ1) is 44.2. The fraction of sp³-hybridized carbons (Fsp3) is 0.478. The van der Waals surface area contributed by atoms with Crippen LogP contribution in [0.2, 0.25) is 0 Å². The van der Waals surface area contributed by atoms with Crippen molar-refractivity contribution >= 4 is 63.7 Å². The minimum Gasteiger partial charge on any atom is -0.457 e. The van der Waals surface area contributed by atoms with Gasteiger partial charge in [0.05, 0.1) is 12.2 Å². The number of hydrogen-bond acceptors (Lipinski definition) is 3. The molecule has 288 valence electrons. The average molecular weight is 979 g/mol. The van der Waals surface area contributed by atoms with Gasteiger partial charge in [0.15, 0.2) is 0 Å². The zero-order valence-corrected chi connectivity index (χ0v) is 38.6. The number of rotatable bonds is 20. The first-order valence-corrected chi connectivity index (χ1v) is 22.6. The number of aliphatic hydroxyl groups is 2. The fourth-order valence-corrected chi connectivity index (χ4v) is 9.95. The third-order valence-electron chi connectivity index (χ3n) is 10.3. The molecule has 0 saturated carbocycles. The van der Waals surface area contributed by atoms with Gasteiger partial charge in [0.2, 0.25) is 0 Å². The van der Waals surface area contributed by atoms with E-state index in [0.717, 1.165) is 114 Å². The Hall–Kier alpha value is -1.48. The van der Waals surface area contributed by atoms with Gasteiger partial charge < -0.3 is 14.9 Å². The largest absolute Gasteiger partial charge is 0.457 e. The van der Waals surface area contributed by atoms with Crippen LogP contribution in [0, 0.1) is 23.7 Å². The Labute approximate surface area is 353 Å². The van der Waals surface area contributed by atoms with Crippen LogP contribution in [0.3, 0.4) is 0 Å². The monoisotopic (exact) mass is 974 g/mol. The van der Waals surface area contributed by atoms with Gasteiger partial charge in [-0.15, -0.1) is 0 Å². The molecule has 0 spiro atoms. The minimum absolute atomic E-state index is 0.141. The molecule has 4 atom stereocenters. The summed E-state index contributed by atoms with van der Waals surface area (Å²) < 4.78 is 11.1. The summed E-state index contributed by atoms with van der Waals surface area (Å²) in [5.41, 5.74) is 6.03. The highest BCUT2D eigenvalue weighted by atomic mass is 79.9. The van der Waals surface area contributed by atoms with Crippen LogP contribution in [0.15, 0.2) is 90.7 Å². The molecule has 4 unspecified atom stereocenters. The Bertz CT molecular complexity index is 1630. The third-order valence-corrected chi connectivity index (χ3v) is 12.7.